The lowest BCUT2D eigenvalue weighted by atomic mass is 9.85. The van der Waals surface area contributed by atoms with E-state index in [4.69, 9.17) is 5.73 Å². The van der Waals surface area contributed by atoms with Crippen LogP contribution in [-0.2, 0) is 0 Å². The molecule has 2 unspecified atom stereocenters. The van der Waals surface area contributed by atoms with E-state index in [1.807, 2.05) is 0 Å². The van der Waals surface area contributed by atoms with Gasteiger partial charge in [0.2, 0.25) is 0 Å². The third-order valence-electron chi connectivity index (χ3n) is 3.21. The van der Waals surface area contributed by atoms with Crippen LogP contribution in [0.5, 0.6) is 0 Å². The molecular formula is C13H30N2OS. The minimum Gasteiger partial charge on any atom is -0.395 e. The van der Waals surface area contributed by atoms with Crippen LogP contribution in [0, 0.1) is 5.41 Å². The van der Waals surface area contributed by atoms with Gasteiger partial charge in [-0.2, -0.15) is 11.8 Å². The standard InChI is InChI=1S/C13H30N2OS/c1-6-15(7-2)8-9-17-11(10-16)12(14)13(3,4)5/h11-12,16H,6-10,14H2,1-5H3. The molecule has 0 saturated heterocycles. The average molecular weight is 262 g/mol. The fraction of sp³-hybridized carbons (Fsp3) is 1.00. The lowest BCUT2D eigenvalue weighted by Crippen LogP contribution is -2.45. The first kappa shape index (κ1) is 17.2. The van der Waals surface area contributed by atoms with Gasteiger partial charge in [-0.3, -0.25) is 0 Å². The zero-order valence-electron chi connectivity index (χ0n) is 12.1. The van der Waals surface area contributed by atoms with Gasteiger partial charge < -0.3 is 15.7 Å². The number of hydrogen-bond donors (Lipinski definition) is 2. The molecule has 3 nitrogen and oxygen atoms in total. The zero-order chi connectivity index (χ0) is 13.5. The van der Waals surface area contributed by atoms with Gasteiger partial charge in [0.15, 0.2) is 0 Å². The summed E-state index contributed by atoms with van der Waals surface area (Å²) in [6.07, 6.45) is 0. The van der Waals surface area contributed by atoms with Crippen molar-refractivity contribution in [2.24, 2.45) is 11.1 Å². The van der Waals surface area contributed by atoms with Gasteiger partial charge in [0.05, 0.1) is 6.61 Å². The Morgan fingerprint density at radius 1 is 1.24 bits per heavy atom. The van der Waals surface area contributed by atoms with E-state index >= 15 is 0 Å². The minimum absolute atomic E-state index is 0.0363. The number of hydrogen-bond acceptors (Lipinski definition) is 4. The molecule has 104 valence electrons. The molecule has 0 aromatic rings. The normalized spacial score (nSPS) is 16.2. The number of aliphatic hydroxyl groups is 1. The minimum atomic E-state index is 0.0363. The molecule has 0 spiro atoms. The van der Waals surface area contributed by atoms with Crippen LogP contribution in [0.1, 0.15) is 34.6 Å². The molecular weight excluding hydrogens is 232 g/mol. The first-order valence-electron chi connectivity index (χ1n) is 6.57. The van der Waals surface area contributed by atoms with Crippen molar-refractivity contribution in [3.05, 3.63) is 0 Å². The van der Waals surface area contributed by atoms with Gasteiger partial charge in [-0.1, -0.05) is 34.6 Å². The number of nitrogens with two attached hydrogens (primary N) is 1. The summed E-state index contributed by atoms with van der Waals surface area (Å²) in [5, 5.41) is 9.57. The van der Waals surface area contributed by atoms with E-state index in [0.717, 1.165) is 25.4 Å². The van der Waals surface area contributed by atoms with Crippen molar-refractivity contribution in [1.29, 1.82) is 0 Å². The molecule has 0 aliphatic rings. The molecule has 0 aliphatic heterocycles. The van der Waals surface area contributed by atoms with Crippen LogP contribution in [0.4, 0.5) is 0 Å². The topological polar surface area (TPSA) is 49.5 Å². The molecule has 0 fully saturated rings. The van der Waals surface area contributed by atoms with Gasteiger partial charge in [0, 0.05) is 23.6 Å². The third-order valence-corrected chi connectivity index (χ3v) is 4.50. The van der Waals surface area contributed by atoms with Gasteiger partial charge in [0.25, 0.3) is 0 Å². The van der Waals surface area contributed by atoms with Crippen LogP contribution >= 0.6 is 11.8 Å². The van der Waals surface area contributed by atoms with E-state index in [0.29, 0.717) is 0 Å². The van der Waals surface area contributed by atoms with E-state index in [9.17, 15) is 5.11 Å². The predicted octanol–water partition coefficient (Wildman–Crippen LogP) is 1.80. The van der Waals surface area contributed by atoms with E-state index in [1.165, 1.54) is 0 Å². The summed E-state index contributed by atoms with van der Waals surface area (Å²) >= 11 is 1.80. The molecule has 3 N–H and O–H groups in total. The molecule has 0 amide bonds. The van der Waals surface area contributed by atoms with Gasteiger partial charge in [-0.25, -0.2) is 0 Å². The summed E-state index contributed by atoms with van der Waals surface area (Å²) in [6.45, 7) is 14.2. The highest BCUT2D eigenvalue weighted by molar-refractivity contribution is 8.00. The molecule has 0 heterocycles. The van der Waals surface area contributed by atoms with Crippen LogP contribution < -0.4 is 5.73 Å². The lowest BCUT2D eigenvalue weighted by Gasteiger charge is -2.33. The number of thioether (sulfide) groups is 1. The first-order chi connectivity index (χ1) is 7.86. The SMILES string of the molecule is CCN(CC)CCSC(CO)C(N)C(C)(C)C. The highest BCUT2D eigenvalue weighted by Crippen LogP contribution is 2.26. The summed E-state index contributed by atoms with van der Waals surface area (Å²) in [7, 11) is 0. The van der Waals surface area contributed by atoms with Crippen LogP contribution in [-0.4, -0.2) is 53.3 Å². The molecule has 0 saturated carbocycles. The predicted molar refractivity (Wildman–Crippen MR) is 78.6 cm³/mol. The van der Waals surface area contributed by atoms with E-state index in [1.54, 1.807) is 11.8 Å². The summed E-state index contributed by atoms with van der Waals surface area (Å²) in [5.74, 6) is 1.04. The molecule has 0 aliphatic carbocycles. The summed E-state index contributed by atoms with van der Waals surface area (Å²) in [5.41, 5.74) is 6.24. The lowest BCUT2D eigenvalue weighted by molar-refractivity contribution is 0.232. The molecule has 2 atom stereocenters. The second-order valence-electron chi connectivity index (χ2n) is 5.51. The Hall–Kier alpha value is 0.230. The Kier molecular flexibility index (Phi) is 8.47. The zero-order valence-corrected chi connectivity index (χ0v) is 12.9. The van der Waals surface area contributed by atoms with Crippen LogP contribution in [0.25, 0.3) is 0 Å². The van der Waals surface area contributed by atoms with E-state index in [-0.39, 0.29) is 23.3 Å². The molecule has 0 rings (SSSR count). The van der Waals surface area contributed by atoms with Crippen molar-refractivity contribution in [1.82, 2.24) is 4.90 Å². The van der Waals surface area contributed by atoms with E-state index in [2.05, 4.69) is 39.5 Å². The van der Waals surface area contributed by atoms with Crippen molar-refractivity contribution < 1.29 is 5.11 Å². The maximum atomic E-state index is 9.42. The Balaban J connectivity index is 4.06. The first-order valence-corrected chi connectivity index (χ1v) is 7.62. The molecule has 0 bridgehead atoms. The summed E-state index contributed by atoms with van der Waals surface area (Å²) in [4.78, 5) is 2.39. The van der Waals surface area contributed by atoms with E-state index < -0.39 is 0 Å². The highest BCUT2D eigenvalue weighted by Gasteiger charge is 2.28. The van der Waals surface area contributed by atoms with Crippen molar-refractivity contribution in [2.75, 3.05) is 32.0 Å². The third kappa shape index (κ3) is 6.65. The molecule has 0 aromatic carbocycles. The fourth-order valence-corrected chi connectivity index (χ4v) is 3.09. The number of nitrogens with zero attached hydrogens (tertiary/aromatic N) is 1. The summed E-state index contributed by atoms with van der Waals surface area (Å²) in [6, 6.07) is 0.0363. The van der Waals surface area contributed by atoms with Gasteiger partial charge in [-0.05, 0) is 18.5 Å². The maximum absolute atomic E-state index is 9.42. The Morgan fingerprint density at radius 3 is 2.12 bits per heavy atom. The van der Waals surface area contributed by atoms with Gasteiger partial charge in [-0.15, -0.1) is 0 Å². The monoisotopic (exact) mass is 262 g/mol. The average Bonchev–Trinajstić information content (AvgIpc) is 2.27. The molecule has 0 radical (unpaired) electrons. The maximum Gasteiger partial charge on any atom is 0.0565 e. The highest BCUT2D eigenvalue weighted by atomic mass is 32.2. The molecule has 4 heteroatoms. The van der Waals surface area contributed by atoms with Crippen molar-refractivity contribution >= 4 is 11.8 Å². The molecule has 17 heavy (non-hydrogen) atoms. The summed E-state index contributed by atoms with van der Waals surface area (Å²) < 4.78 is 0. The Morgan fingerprint density at radius 2 is 1.76 bits per heavy atom. The second-order valence-corrected chi connectivity index (χ2v) is 6.86. The van der Waals surface area contributed by atoms with Crippen LogP contribution in [0.2, 0.25) is 0 Å². The second kappa shape index (κ2) is 8.35. The fourth-order valence-electron chi connectivity index (χ4n) is 1.70. The molecule has 0 aromatic heterocycles. The van der Waals surface area contributed by atoms with Crippen LogP contribution in [0.15, 0.2) is 0 Å². The number of aliphatic hydroxyl groups excluding tert-OH is 1. The van der Waals surface area contributed by atoms with Gasteiger partial charge >= 0.3 is 0 Å². The Labute approximate surface area is 111 Å². The van der Waals surface area contributed by atoms with Crippen molar-refractivity contribution in [3.8, 4) is 0 Å². The number of rotatable bonds is 8. The van der Waals surface area contributed by atoms with Crippen LogP contribution in [0.3, 0.4) is 0 Å². The largest absolute Gasteiger partial charge is 0.395 e. The van der Waals surface area contributed by atoms with Crippen molar-refractivity contribution in [2.45, 2.75) is 45.9 Å². The quantitative estimate of drug-likeness (QED) is 0.700. The Bertz CT molecular complexity index is 190. The van der Waals surface area contributed by atoms with Gasteiger partial charge in [0.1, 0.15) is 0 Å². The van der Waals surface area contributed by atoms with Crippen molar-refractivity contribution in [3.63, 3.8) is 0 Å². The smallest absolute Gasteiger partial charge is 0.0565 e.